The zero-order valence-electron chi connectivity index (χ0n) is 12.0. The summed E-state index contributed by atoms with van der Waals surface area (Å²) in [6, 6.07) is 3.07. The number of nitrogens with one attached hydrogen (secondary N) is 1. The molecule has 1 aromatic carbocycles. The molecular weight excluding hydrogens is 278 g/mol. The molecule has 0 radical (unpaired) electrons. The number of piperidine rings is 1. The van der Waals surface area contributed by atoms with E-state index < -0.39 is 17.7 Å². The van der Waals surface area contributed by atoms with Crippen LogP contribution in [-0.2, 0) is 4.79 Å². The fourth-order valence-electron chi connectivity index (χ4n) is 2.69. The van der Waals surface area contributed by atoms with Gasteiger partial charge in [-0.3, -0.25) is 4.79 Å². The van der Waals surface area contributed by atoms with Crippen molar-refractivity contribution in [3.63, 3.8) is 0 Å². The summed E-state index contributed by atoms with van der Waals surface area (Å²) < 4.78 is 26.7. The van der Waals surface area contributed by atoms with Crippen molar-refractivity contribution >= 4 is 5.91 Å². The number of amides is 1. The van der Waals surface area contributed by atoms with E-state index in [1.165, 1.54) is 0 Å². The van der Waals surface area contributed by atoms with Crippen LogP contribution in [0, 0.1) is 17.6 Å². The lowest BCUT2D eigenvalue weighted by Crippen LogP contribution is -2.41. The molecule has 21 heavy (non-hydrogen) atoms. The average Bonchev–Trinajstić information content (AvgIpc) is 2.49. The van der Waals surface area contributed by atoms with Crippen molar-refractivity contribution in [3.05, 3.63) is 35.4 Å². The lowest BCUT2D eigenvalue weighted by Gasteiger charge is -2.32. The van der Waals surface area contributed by atoms with Gasteiger partial charge in [0.25, 0.3) is 0 Å². The van der Waals surface area contributed by atoms with Gasteiger partial charge in [-0.15, -0.1) is 0 Å². The Morgan fingerprint density at radius 1 is 1.43 bits per heavy atom. The van der Waals surface area contributed by atoms with Gasteiger partial charge >= 0.3 is 0 Å². The molecule has 2 rings (SSSR count). The van der Waals surface area contributed by atoms with Gasteiger partial charge in [0, 0.05) is 25.1 Å². The highest BCUT2D eigenvalue weighted by Gasteiger charge is 2.26. The average molecular weight is 298 g/mol. The van der Waals surface area contributed by atoms with Crippen LogP contribution >= 0.6 is 0 Å². The molecule has 0 aromatic heterocycles. The molecule has 2 N–H and O–H groups in total. The molecule has 0 aliphatic carbocycles. The number of hydrogen-bond acceptors (Lipinski definition) is 3. The standard InChI is InChI=1S/C15H20F2N2O2/c1-18-15(21)10-4-6-19(7-5-10)9-14(20)12-8-11(16)2-3-13(12)17/h2-3,8,10,14,20H,4-7,9H2,1H3,(H,18,21). The predicted molar refractivity (Wildman–Crippen MR) is 74.5 cm³/mol. The van der Waals surface area contributed by atoms with Crippen molar-refractivity contribution in [1.82, 2.24) is 10.2 Å². The number of rotatable bonds is 4. The van der Waals surface area contributed by atoms with Gasteiger partial charge in [0.15, 0.2) is 0 Å². The van der Waals surface area contributed by atoms with Gasteiger partial charge in [-0.1, -0.05) is 0 Å². The number of aliphatic hydroxyl groups excluding tert-OH is 1. The zero-order valence-corrected chi connectivity index (χ0v) is 12.0. The van der Waals surface area contributed by atoms with Gasteiger partial charge < -0.3 is 15.3 Å². The number of carbonyl (C=O) groups excluding carboxylic acids is 1. The predicted octanol–water partition coefficient (Wildman–Crippen LogP) is 1.46. The number of halogens is 2. The highest BCUT2D eigenvalue weighted by molar-refractivity contribution is 5.78. The van der Waals surface area contributed by atoms with Crippen LogP contribution in [-0.4, -0.2) is 42.6 Å². The van der Waals surface area contributed by atoms with Crippen LogP contribution in [0.3, 0.4) is 0 Å². The third kappa shape index (κ3) is 3.98. The number of hydrogen-bond donors (Lipinski definition) is 2. The molecule has 1 unspecified atom stereocenters. The minimum Gasteiger partial charge on any atom is -0.387 e. The first-order valence-corrected chi connectivity index (χ1v) is 7.08. The second kappa shape index (κ2) is 6.95. The minimum absolute atomic E-state index is 0.00528. The number of nitrogens with zero attached hydrogens (tertiary/aromatic N) is 1. The van der Waals surface area contributed by atoms with Crippen LogP contribution in [0.2, 0.25) is 0 Å². The summed E-state index contributed by atoms with van der Waals surface area (Å²) >= 11 is 0. The van der Waals surface area contributed by atoms with Gasteiger partial charge in [0.1, 0.15) is 11.6 Å². The number of β-amino-alcohol motifs (C(OH)–C–C–N with tert-alkyl or cyclic N) is 1. The van der Waals surface area contributed by atoms with E-state index in [2.05, 4.69) is 5.32 Å². The van der Waals surface area contributed by atoms with Gasteiger partial charge in [0.05, 0.1) is 6.10 Å². The highest BCUT2D eigenvalue weighted by atomic mass is 19.1. The minimum atomic E-state index is -1.07. The smallest absolute Gasteiger partial charge is 0.222 e. The molecule has 116 valence electrons. The van der Waals surface area contributed by atoms with E-state index in [1.54, 1.807) is 7.05 Å². The van der Waals surface area contributed by atoms with Crippen LogP contribution in [0.1, 0.15) is 24.5 Å². The van der Waals surface area contributed by atoms with Crippen molar-refractivity contribution in [2.75, 3.05) is 26.7 Å². The van der Waals surface area contributed by atoms with Gasteiger partial charge in [-0.25, -0.2) is 8.78 Å². The number of carbonyl (C=O) groups is 1. The SMILES string of the molecule is CNC(=O)C1CCN(CC(O)c2cc(F)ccc2F)CC1. The van der Waals surface area contributed by atoms with Gasteiger partial charge in [-0.05, 0) is 44.1 Å². The summed E-state index contributed by atoms with van der Waals surface area (Å²) in [6.45, 7) is 1.55. The Hall–Kier alpha value is -1.53. The zero-order chi connectivity index (χ0) is 15.4. The third-order valence-corrected chi connectivity index (χ3v) is 3.95. The quantitative estimate of drug-likeness (QED) is 0.885. The van der Waals surface area contributed by atoms with Gasteiger partial charge in [0.2, 0.25) is 5.91 Å². The fourth-order valence-corrected chi connectivity index (χ4v) is 2.69. The number of benzene rings is 1. The summed E-state index contributed by atoms with van der Waals surface area (Å²) in [4.78, 5) is 13.5. The molecule has 0 saturated carbocycles. The van der Waals surface area contributed by atoms with Crippen LogP contribution < -0.4 is 5.32 Å². The molecule has 4 nitrogen and oxygen atoms in total. The normalized spacial score (nSPS) is 18.5. The molecule has 1 fully saturated rings. The van der Waals surface area contributed by atoms with Gasteiger partial charge in [-0.2, -0.15) is 0 Å². The van der Waals surface area contributed by atoms with Crippen molar-refractivity contribution in [3.8, 4) is 0 Å². The van der Waals surface area contributed by atoms with E-state index >= 15 is 0 Å². The molecule has 0 bridgehead atoms. The molecule has 1 amide bonds. The summed E-state index contributed by atoms with van der Waals surface area (Å²) in [5.41, 5.74) is -0.0246. The molecule has 1 aliphatic heterocycles. The van der Waals surface area contributed by atoms with Crippen LogP contribution in [0.15, 0.2) is 18.2 Å². The van der Waals surface area contributed by atoms with Crippen molar-refractivity contribution in [2.24, 2.45) is 5.92 Å². The summed E-state index contributed by atoms with van der Waals surface area (Å²) in [7, 11) is 1.62. The van der Waals surface area contributed by atoms with Crippen molar-refractivity contribution in [2.45, 2.75) is 18.9 Å². The fraction of sp³-hybridized carbons (Fsp3) is 0.533. The Balaban J connectivity index is 1.91. The monoisotopic (exact) mass is 298 g/mol. The summed E-state index contributed by atoms with van der Waals surface area (Å²) in [5, 5.41) is 12.7. The molecule has 6 heteroatoms. The molecular formula is C15H20F2N2O2. The lowest BCUT2D eigenvalue weighted by atomic mass is 9.95. The van der Waals surface area contributed by atoms with Crippen LogP contribution in [0.4, 0.5) is 8.78 Å². The lowest BCUT2D eigenvalue weighted by molar-refractivity contribution is -0.126. The van der Waals surface area contributed by atoms with E-state index in [1.807, 2.05) is 4.90 Å². The Bertz CT molecular complexity index is 502. The second-order valence-electron chi connectivity index (χ2n) is 5.37. The molecule has 0 spiro atoms. The van der Waals surface area contributed by atoms with E-state index in [9.17, 15) is 18.7 Å². The number of aliphatic hydroxyl groups is 1. The first kappa shape index (κ1) is 15.9. The third-order valence-electron chi connectivity index (χ3n) is 3.95. The van der Waals surface area contributed by atoms with Crippen LogP contribution in [0.5, 0.6) is 0 Å². The molecule has 1 saturated heterocycles. The summed E-state index contributed by atoms with van der Waals surface area (Å²) in [5.74, 6) is -1.14. The van der Waals surface area contributed by atoms with E-state index in [4.69, 9.17) is 0 Å². The number of likely N-dealkylation sites (tertiary alicyclic amines) is 1. The maximum absolute atomic E-state index is 13.6. The van der Waals surface area contributed by atoms with E-state index in [0.29, 0.717) is 25.9 Å². The van der Waals surface area contributed by atoms with Crippen LogP contribution in [0.25, 0.3) is 0 Å². The Labute approximate surface area is 122 Å². The molecule has 1 aromatic rings. The maximum Gasteiger partial charge on any atom is 0.222 e. The molecule has 1 heterocycles. The largest absolute Gasteiger partial charge is 0.387 e. The Morgan fingerprint density at radius 2 is 2.10 bits per heavy atom. The van der Waals surface area contributed by atoms with Crippen molar-refractivity contribution in [1.29, 1.82) is 0 Å². The highest BCUT2D eigenvalue weighted by Crippen LogP contribution is 2.23. The molecule has 1 atom stereocenters. The molecule has 1 aliphatic rings. The van der Waals surface area contributed by atoms with E-state index in [0.717, 1.165) is 18.2 Å². The topological polar surface area (TPSA) is 52.6 Å². The Kier molecular flexibility index (Phi) is 5.25. The first-order chi connectivity index (χ1) is 10.0. The Morgan fingerprint density at radius 3 is 2.71 bits per heavy atom. The van der Waals surface area contributed by atoms with E-state index in [-0.39, 0.29) is 23.9 Å². The second-order valence-corrected chi connectivity index (χ2v) is 5.37. The summed E-state index contributed by atoms with van der Waals surface area (Å²) in [6.07, 6.45) is 0.341. The maximum atomic E-state index is 13.6. The first-order valence-electron chi connectivity index (χ1n) is 7.08. The van der Waals surface area contributed by atoms with Crippen molar-refractivity contribution < 1.29 is 18.7 Å².